The molecular formula is C15H14N4. The fourth-order valence-electron chi connectivity index (χ4n) is 2.03. The Labute approximate surface area is 111 Å². The number of hydrogen-bond donors (Lipinski definition) is 2. The zero-order valence-corrected chi connectivity index (χ0v) is 10.6. The van der Waals surface area contributed by atoms with E-state index < -0.39 is 0 Å². The predicted octanol–water partition coefficient (Wildman–Crippen LogP) is 3.26. The molecule has 2 heterocycles. The quantitative estimate of drug-likeness (QED) is 0.732. The smallest absolute Gasteiger partial charge is 0.153 e. The summed E-state index contributed by atoms with van der Waals surface area (Å²) in [5.41, 5.74) is 8.49. The number of nitrogens with one attached hydrogen (secondary N) is 1. The average molecular weight is 250 g/mol. The molecule has 0 aliphatic heterocycles. The number of benzene rings is 1. The number of nitrogen functional groups attached to an aromatic ring is 1. The molecule has 19 heavy (non-hydrogen) atoms. The summed E-state index contributed by atoms with van der Waals surface area (Å²) in [5.74, 6) is 0.685. The lowest BCUT2D eigenvalue weighted by molar-refractivity contribution is 1.20. The zero-order chi connectivity index (χ0) is 13.2. The molecule has 2 aromatic heterocycles. The first-order valence-electron chi connectivity index (χ1n) is 6.07. The fraction of sp³-hybridized carbons (Fsp3) is 0.0667. The summed E-state index contributed by atoms with van der Waals surface area (Å²) in [6.45, 7) is 1.94. The molecule has 0 saturated heterocycles. The maximum absolute atomic E-state index is 5.94. The van der Waals surface area contributed by atoms with Gasteiger partial charge in [0.1, 0.15) is 0 Å². The normalized spacial score (nSPS) is 10.6. The summed E-state index contributed by atoms with van der Waals surface area (Å²) in [7, 11) is 0. The van der Waals surface area contributed by atoms with E-state index in [1.807, 2.05) is 49.5 Å². The van der Waals surface area contributed by atoms with Crippen molar-refractivity contribution in [2.24, 2.45) is 0 Å². The predicted molar refractivity (Wildman–Crippen MR) is 78.4 cm³/mol. The van der Waals surface area contributed by atoms with E-state index >= 15 is 0 Å². The third-order valence-corrected chi connectivity index (χ3v) is 3.00. The molecule has 94 valence electrons. The van der Waals surface area contributed by atoms with Crippen LogP contribution >= 0.6 is 0 Å². The van der Waals surface area contributed by atoms with Crippen LogP contribution in [0.4, 0.5) is 17.2 Å². The lowest BCUT2D eigenvalue weighted by atomic mass is 10.1. The second kappa shape index (κ2) is 4.57. The van der Waals surface area contributed by atoms with Gasteiger partial charge in [-0.15, -0.1) is 0 Å². The standard InChI is InChI=1S/C15H14N4/c1-10-5-6-13(16)15(18-10)19-14-4-2-3-11-9-17-8-7-12(11)14/h2-9H,16H2,1H3,(H,18,19). The minimum absolute atomic E-state index is 0.636. The van der Waals surface area contributed by atoms with E-state index in [9.17, 15) is 0 Å². The van der Waals surface area contributed by atoms with Crippen LogP contribution in [0.25, 0.3) is 10.8 Å². The number of hydrogen-bond acceptors (Lipinski definition) is 4. The second-order valence-corrected chi connectivity index (χ2v) is 4.42. The largest absolute Gasteiger partial charge is 0.396 e. The lowest BCUT2D eigenvalue weighted by Crippen LogP contribution is -2.00. The molecule has 0 unspecified atom stereocenters. The molecule has 0 saturated carbocycles. The van der Waals surface area contributed by atoms with Gasteiger partial charge in [-0.05, 0) is 31.2 Å². The van der Waals surface area contributed by atoms with Crippen molar-refractivity contribution in [3.63, 3.8) is 0 Å². The van der Waals surface area contributed by atoms with Crippen molar-refractivity contribution in [3.05, 3.63) is 54.5 Å². The van der Waals surface area contributed by atoms with E-state index in [-0.39, 0.29) is 0 Å². The molecule has 0 aliphatic carbocycles. The molecule has 4 heteroatoms. The Morgan fingerprint density at radius 3 is 2.89 bits per heavy atom. The monoisotopic (exact) mass is 250 g/mol. The maximum atomic E-state index is 5.94. The minimum atomic E-state index is 0.636. The number of pyridine rings is 2. The van der Waals surface area contributed by atoms with Gasteiger partial charge in [-0.3, -0.25) is 4.98 Å². The highest BCUT2D eigenvalue weighted by Crippen LogP contribution is 2.27. The molecule has 0 spiro atoms. The van der Waals surface area contributed by atoms with Crippen LogP contribution in [0.15, 0.2) is 48.8 Å². The molecule has 4 nitrogen and oxygen atoms in total. The number of nitrogens with two attached hydrogens (primary N) is 1. The number of rotatable bonds is 2. The van der Waals surface area contributed by atoms with Crippen LogP contribution in [0.2, 0.25) is 0 Å². The van der Waals surface area contributed by atoms with Gasteiger partial charge in [-0.2, -0.15) is 0 Å². The van der Waals surface area contributed by atoms with Gasteiger partial charge in [-0.25, -0.2) is 4.98 Å². The Morgan fingerprint density at radius 1 is 1.11 bits per heavy atom. The third kappa shape index (κ3) is 2.20. The number of fused-ring (bicyclic) bond motifs is 1. The van der Waals surface area contributed by atoms with Gasteiger partial charge in [-0.1, -0.05) is 12.1 Å². The van der Waals surface area contributed by atoms with Crippen LogP contribution in [0.3, 0.4) is 0 Å². The number of aryl methyl sites for hydroxylation is 1. The second-order valence-electron chi connectivity index (χ2n) is 4.42. The summed E-state index contributed by atoms with van der Waals surface area (Å²) in [6, 6.07) is 11.7. The van der Waals surface area contributed by atoms with Crippen LogP contribution in [0.1, 0.15) is 5.69 Å². The van der Waals surface area contributed by atoms with Crippen LogP contribution in [-0.4, -0.2) is 9.97 Å². The summed E-state index contributed by atoms with van der Waals surface area (Å²) >= 11 is 0. The molecule has 1 aromatic carbocycles. The SMILES string of the molecule is Cc1ccc(N)c(Nc2cccc3cnccc23)n1. The molecule has 0 aliphatic rings. The van der Waals surface area contributed by atoms with Crippen molar-refractivity contribution >= 4 is 28.0 Å². The summed E-state index contributed by atoms with van der Waals surface area (Å²) in [6.07, 6.45) is 3.62. The Bertz CT molecular complexity index is 732. The van der Waals surface area contributed by atoms with Crippen molar-refractivity contribution in [2.45, 2.75) is 6.92 Å². The van der Waals surface area contributed by atoms with E-state index in [4.69, 9.17) is 5.73 Å². The van der Waals surface area contributed by atoms with E-state index in [1.165, 1.54) is 0 Å². The lowest BCUT2D eigenvalue weighted by Gasteiger charge is -2.11. The van der Waals surface area contributed by atoms with Gasteiger partial charge < -0.3 is 11.1 Å². The molecular weight excluding hydrogens is 236 g/mol. The molecule has 3 N–H and O–H groups in total. The average Bonchev–Trinajstić information content (AvgIpc) is 2.43. The van der Waals surface area contributed by atoms with Gasteiger partial charge in [0, 0.05) is 34.5 Å². The maximum Gasteiger partial charge on any atom is 0.153 e. The van der Waals surface area contributed by atoms with Gasteiger partial charge in [0.15, 0.2) is 5.82 Å². The van der Waals surface area contributed by atoms with E-state index in [0.717, 1.165) is 22.2 Å². The molecule has 0 radical (unpaired) electrons. The van der Waals surface area contributed by atoms with Crippen molar-refractivity contribution in [3.8, 4) is 0 Å². The Kier molecular flexibility index (Phi) is 2.76. The topological polar surface area (TPSA) is 63.8 Å². The van der Waals surface area contributed by atoms with Gasteiger partial charge in [0.2, 0.25) is 0 Å². The fourth-order valence-corrected chi connectivity index (χ4v) is 2.03. The first-order chi connectivity index (χ1) is 9.24. The molecule has 3 aromatic rings. The molecule has 3 rings (SSSR count). The van der Waals surface area contributed by atoms with Crippen LogP contribution in [0, 0.1) is 6.92 Å². The third-order valence-electron chi connectivity index (χ3n) is 3.00. The number of anilines is 3. The van der Waals surface area contributed by atoms with Crippen LogP contribution in [0.5, 0.6) is 0 Å². The highest BCUT2D eigenvalue weighted by molar-refractivity contribution is 5.95. The number of aromatic nitrogens is 2. The summed E-state index contributed by atoms with van der Waals surface area (Å²) < 4.78 is 0. The van der Waals surface area contributed by atoms with E-state index in [2.05, 4.69) is 15.3 Å². The van der Waals surface area contributed by atoms with E-state index in [1.54, 1.807) is 6.20 Å². The Balaban J connectivity index is 2.08. The van der Waals surface area contributed by atoms with Crippen LogP contribution in [-0.2, 0) is 0 Å². The minimum Gasteiger partial charge on any atom is -0.396 e. The van der Waals surface area contributed by atoms with E-state index in [0.29, 0.717) is 11.5 Å². The van der Waals surface area contributed by atoms with Crippen molar-refractivity contribution < 1.29 is 0 Å². The molecule has 0 bridgehead atoms. The Hall–Kier alpha value is -2.62. The first-order valence-corrected chi connectivity index (χ1v) is 6.07. The van der Waals surface area contributed by atoms with Crippen molar-refractivity contribution in [2.75, 3.05) is 11.1 Å². The summed E-state index contributed by atoms with van der Waals surface area (Å²) in [4.78, 5) is 8.55. The highest BCUT2D eigenvalue weighted by Gasteiger charge is 2.05. The Morgan fingerprint density at radius 2 is 2.00 bits per heavy atom. The van der Waals surface area contributed by atoms with Crippen molar-refractivity contribution in [1.29, 1.82) is 0 Å². The number of nitrogens with zero attached hydrogens (tertiary/aromatic N) is 2. The highest BCUT2D eigenvalue weighted by atomic mass is 15.0. The molecule has 0 fully saturated rings. The zero-order valence-electron chi connectivity index (χ0n) is 10.6. The van der Waals surface area contributed by atoms with Crippen LogP contribution < -0.4 is 11.1 Å². The molecule has 0 amide bonds. The molecule has 0 atom stereocenters. The van der Waals surface area contributed by atoms with Gasteiger partial charge >= 0.3 is 0 Å². The summed E-state index contributed by atoms with van der Waals surface area (Å²) in [5, 5.41) is 5.47. The first kappa shape index (κ1) is 11.5. The van der Waals surface area contributed by atoms with Gasteiger partial charge in [0.05, 0.1) is 5.69 Å². The van der Waals surface area contributed by atoms with Gasteiger partial charge in [0.25, 0.3) is 0 Å². The van der Waals surface area contributed by atoms with Crippen molar-refractivity contribution in [1.82, 2.24) is 9.97 Å².